The fourth-order valence-corrected chi connectivity index (χ4v) is 3.94. The smallest absolute Gasteiger partial charge is 0.276 e. The number of rotatable bonds is 4. The number of hydrogen-bond acceptors (Lipinski definition) is 4. The number of hydrazine groups is 1. The molecule has 1 aliphatic heterocycles. The van der Waals surface area contributed by atoms with Crippen LogP contribution in [0.3, 0.4) is 0 Å². The summed E-state index contributed by atoms with van der Waals surface area (Å²) >= 11 is 1.51. The lowest BCUT2D eigenvalue weighted by molar-refractivity contribution is -0.129. The molecule has 5 nitrogen and oxygen atoms in total. The number of carbonyl (C=O) groups is 2. The highest BCUT2D eigenvalue weighted by molar-refractivity contribution is 8.01. The van der Waals surface area contributed by atoms with Gasteiger partial charge in [0.15, 0.2) is 6.61 Å². The van der Waals surface area contributed by atoms with E-state index < -0.39 is 5.91 Å². The van der Waals surface area contributed by atoms with Crippen LogP contribution >= 0.6 is 11.8 Å². The van der Waals surface area contributed by atoms with Gasteiger partial charge in [0, 0.05) is 4.90 Å². The van der Waals surface area contributed by atoms with E-state index in [-0.39, 0.29) is 17.8 Å². The summed E-state index contributed by atoms with van der Waals surface area (Å²) in [5.74, 6) is 0.0368. The van der Waals surface area contributed by atoms with Crippen LogP contribution in [0.15, 0.2) is 47.4 Å². The van der Waals surface area contributed by atoms with Crippen molar-refractivity contribution in [2.24, 2.45) is 0 Å². The van der Waals surface area contributed by atoms with Gasteiger partial charge in [0.25, 0.3) is 11.8 Å². The van der Waals surface area contributed by atoms with Gasteiger partial charge in [-0.1, -0.05) is 24.3 Å². The van der Waals surface area contributed by atoms with Gasteiger partial charge >= 0.3 is 0 Å². The zero-order chi connectivity index (χ0) is 17.8. The monoisotopic (exact) mass is 356 g/mol. The number of thioether (sulfide) groups is 1. The summed E-state index contributed by atoms with van der Waals surface area (Å²) < 4.78 is 5.47. The maximum Gasteiger partial charge on any atom is 0.276 e. The molecule has 0 saturated heterocycles. The number of aryl methyl sites for hydroxylation is 2. The Morgan fingerprint density at radius 1 is 1.12 bits per heavy atom. The Morgan fingerprint density at radius 2 is 1.84 bits per heavy atom. The number of nitrogens with one attached hydrogen (secondary N) is 2. The molecule has 0 aromatic heterocycles. The van der Waals surface area contributed by atoms with Gasteiger partial charge in [-0.2, -0.15) is 0 Å². The highest BCUT2D eigenvalue weighted by Crippen LogP contribution is 2.36. The van der Waals surface area contributed by atoms with Gasteiger partial charge in [-0.15, -0.1) is 11.8 Å². The van der Waals surface area contributed by atoms with Crippen LogP contribution in [0.1, 0.15) is 16.7 Å². The fourth-order valence-electron chi connectivity index (χ4n) is 2.74. The lowest BCUT2D eigenvalue weighted by Gasteiger charge is -2.12. The molecule has 2 aromatic carbocycles. The Labute approximate surface area is 151 Å². The third-order valence-corrected chi connectivity index (χ3v) is 5.15. The number of hydrogen-bond donors (Lipinski definition) is 2. The molecule has 130 valence electrons. The van der Waals surface area contributed by atoms with Crippen LogP contribution in [0.25, 0.3) is 0 Å². The zero-order valence-corrected chi connectivity index (χ0v) is 15.0. The molecular weight excluding hydrogens is 336 g/mol. The van der Waals surface area contributed by atoms with Crippen LogP contribution in [0, 0.1) is 13.8 Å². The Morgan fingerprint density at radius 3 is 2.56 bits per heavy atom. The molecule has 1 atom stereocenters. The SMILES string of the molecule is Cc1cc(C)cc(OCC(=O)NNC(=O)C2Cc3ccccc3S2)c1. The maximum atomic E-state index is 12.2. The third-order valence-electron chi connectivity index (χ3n) is 3.83. The maximum absolute atomic E-state index is 12.2. The topological polar surface area (TPSA) is 67.4 Å². The molecule has 0 saturated carbocycles. The summed E-state index contributed by atoms with van der Waals surface area (Å²) in [6, 6.07) is 13.7. The Hall–Kier alpha value is -2.47. The largest absolute Gasteiger partial charge is 0.484 e. The molecule has 2 amide bonds. The standard InChI is InChI=1S/C19H20N2O3S/c1-12-7-13(2)9-15(8-12)24-11-18(22)20-21-19(23)17-10-14-5-3-4-6-16(14)25-17/h3-9,17H,10-11H2,1-2H3,(H,20,22)(H,21,23). The first-order valence-corrected chi connectivity index (χ1v) is 8.93. The van der Waals surface area contributed by atoms with Crippen LogP contribution in [0.5, 0.6) is 5.75 Å². The highest BCUT2D eigenvalue weighted by Gasteiger charge is 2.28. The zero-order valence-electron chi connectivity index (χ0n) is 14.2. The molecule has 1 heterocycles. The lowest BCUT2D eigenvalue weighted by Crippen LogP contribution is -2.47. The summed E-state index contributed by atoms with van der Waals surface area (Å²) in [5, 5.41) is -0.224. The van der Waals surface area contributed by atoms with Crippen molar-refractivity contribution in [3.8, 4) is 5.75 Å². The van der Waals surface area contributed by atoms with Gasteiger partial charge < -0.3 is 4.74 Å². The average Bonchev–Trinajstić information content (AvgIpc) is 3.01. The molecule has 0 fully saturated rings. The molecule has 6 heteroatoms. The highest BCUT2D eigenvalue weighted by atomic mass is 32.2. The van der Waals surface area contributed by atoms with Gasteiger partial charge in [0.1, 0.15) is 5.75 Å². The van der Waals surface area contributed by atoms with Gasteiger partial charge in [-0.3, -0.25) is 20.4 Å². The van der Waals surface area contributed by atoms with E-state index in [4.69, 9.17) is 4.74 Å². The molecule has 0 spiro atoms. The number of carbonyl (C=O) groups excluding carboxylic acids is 2. The predicted molar refractivity (Wildman–Crippen MR) is 97.5 cm³/mol. The van der Waals surface area contributed by atoms with Crippen LogP contribution in [-0.2, 0) is 16.0 Å². The normalized spacial score (nSPS) is 15.4. The first kappa shape index (κ1) is 17.4. The van der Waals surface area contributed by atoms with Crippen LogP contribution < -0.4 is 15.6 Å². The van der Waals surface area contributed by atoms with Crippen LogP contribution in [0.4, 0.5) is 0 Å². The van der Waals surface area contributed by atoms with Crippen molar-refractivity contribution in [3.05, 3.63) is 59.2 Å². The number of amides is 2. The molecule has 2 N–H and O–H groups in total. The van der Waals surface area contributed by atoms with Crippen molar-refractivity contribution in [1.82, 2.24) is 10.9 Å². The second-order valence-corrected chi connectivity index (χ2v) is 7.31. The summed E-state index contributed by atoms with van der Waals surface area (Å²) in [5.41, 5.74) is 8.19. The van der Waals surface area contributed by atoms with Crippen LogP contribution in [-0.4, -0.2) is 23.7 Å². The van der Waals surface area contributed by atoms with Gasteiger partial charge in [-0.05, 0) is 55.2 Å². The second-order valence-electron chi connectivity index (χ2n) is 6.07. The number of benzene rings is 2. The Balaban J connectivity index is 1.44. The van der Waals surface area contributed by atoms with E-state index in [0.29, 0.717) is 12.2 Å². The molecule has 0 radical (unpaired) electrons. The molecule has 1 aliphatic rings. The van der Waals surface area contributed by atoms with E-state index in [2.05, 4.69) is 10.9 Å². The summed E-state index contributed by atoms with van der Waals surface area (Å²) in [6.45, 7) is 3.79. The minimum absolute atomic E-state index is 0.152. The number of ether oxygens (including phenoxy) is 1. The van der Waals surface area contributed by atoms with E-state index >= 15 is 0 Å². The van der Waals surface area contributed by atoms with Crippen molar-refractivity contribution in [1.29, 1.82) is 0 Å². The molecule has 0 aliphatic carbocycles. The molecule has 2 aromatic rings. The van der Waals surface area contributed by atoms with E-state index in [9.17, 15) is 9.59 Å². The van der Waals surface area contributed by atoms with E-state index in [0.717, 1.165) is 21.6 Å². The van der Waals surface area contributed by atoms with Crippen molar-refractivity contribution in [2.45, 2.75) is 30.4 Å². The van der Waals surface area contributed by atoms with Gasteiger partial charge in [0.05, 0.1) is 5.25 Å². The molecule has 3 rings (SSSR count). The van der Waals surface area contributed by atoms with E-state index in [1.807, 2.05) is 56.3 Å². The Kier molecular flexibility index (Phi) is 5.28. The van der Waals surface area contributed by atoms with E-state index in [1.165, 1.54) is 11.8 Å². The second kappa shape index (κ2) is 7.61. The molecule has 1 unspecified atom stereocenters. The fraction of sp³-hybridized carbons (Fsp3) is 0.263. The van der Waals surface area contributed by atoms with Crippen molar-refractivity contribution in [2.75, 3.05) is 6.61 Å². The summed E-state index contributed by atoms with van der Waals surface area (Å²) in [7, 11) is 0. The summed E-state index contributed by atoms with van der Waals surface area (Å²) in [6.07, 6.45) is 0.668. The summed E-state index contributed by atoms with van der Waals surface area (Å²) in [4.78, 5) is 25.2. The minimum Gasteiger partial charge on any atom is -0.484 e. The van der Waals surface area contributed by atoms with E-state index in [1.54, 1.807) is 0 Å². The Bertz CT molecular complexity index is 762. The predicted octanol–water partition coefficient (Wildman–Crippen LogP) is 2.55. The van der Waals surface area contributed by atoms with Crippen LogP contribution in [0.2, 0.25) is 0 Å². The lowest BCUT2D eigenvalue weighted by atomic mass is 10.1. The number of fused-ring (bicyclic) bond motifs is 1. The quantitative estimate of drug-likeness (QED) is 0.826. The first-order valence-electron chi connectivity index (χ1n) is 8.05. The van der Waals surface area contributed by atoms with Gasteiger partial charge in [-0.25, -0.2) is 0 Å². The van der Waals surface area contributed by atoms with Crippen molar-refractivity contribution in [3.63, 3.8) is 0 Å². The molecular formula is C19H20N2O3S. The van der Waals surface area contributed by atoms with Crippen molar-refractivity contribution < 1.29 is 14.3 Å². The first-order chi connectivity index (χ1) is 12.0. The molecule has 25 heavy (non-hydrogen) atoms. The third kappa shape index (κ3) is 4.54. The minimum atomic E-state index is -0.395. The van der Waals surface area contributed by atoms with Crippen molar-refractivity contribution >= 4 is 23.6 Å². The van der Waals surface area contributed by atoms with Gasteiger partial charge in [0.2, 0.25) is 0 Å². The molecule has 0 bridgehead atoms. The average molecular weight is 356 g/mol.